The van der Waals surface area contributed by atoms with Gasteiger partial charge in [-0.3, -0.25) is 9.88 Å². The van der Waals surface area contributed by atoms with E-state index in [1.807, 2.05) is 0 Å². The highest BCUT2D eigenvalue weighted by atomic mass is 19.1. The van der Waals surface area contributed by atoms with Crippen molar-refractivity contribution < 1.29 is 23.0 Å². The number of piperazine rings is 1. The Morgan fingerprint density at radius 3 is 2.90 bits per heavy atom. The number of nitrogens with zero attached hydrogens (tertiary/aromatic N) is 5. The maximum absolute atomic E-state index is 17.1. The topological polar surface area (TPSA) is 84.9 Å². The second kappa shape index (κ2) is 11.9. The highest BCUT2D eigenvalue weighted by Crippen LogP contribution is 2.43. The number of anilines is 1. The van der Waals surface area contributed by atoms with Gasteiger partial charge in [-0.05, 0) is 69.2 Å². The molecule has 0 aliphatic carbocycles. The molecule has 4 atom stereocenters. The number of methoxy groups -OCH3 is 1. The van der Waals surface area contributed by atoms with Crippen molar-refractivity contribution in [2.45, 2.75) is 62.7 Å². The second-order valence-electron chi connectivity index (χ2n) is 13.6. The van der Waals surface area contributed by atoms with Gasteiger partial charge in [0.2, 0.25) is 0 Å². The first-order valence-electron chi connectivity index (χ1n) is 16.6. The van der Waals surface area contributed by atoms with Crippen LogP contribution in [0.3, 0.4) is 0 Å². The van der Waals surface area contributed by atoms with Gasteiger partial charge in [0, 0.05) is 55.5 Å². The lowest BCUT2D eigenvalue weighted by Gasteiger charge is -2.40. The van der Waals surface area contributed by atoms with Gasteiger partial charge in [0.15, 0.2) is 12.6 Å². The predicted octanol–water partition coefficient (Wildman–Crippen LogP) is 5.59. The van der Waals surface area contributed by atoms with Gasteiger partial charge >= 0.3 is 6.01 Å². The number of nitrogens with one attached hydrogen (secondary N) is 1. The van der Waals surface area contributed by atoms with Crippen molar-refractivity contribution >= 4 is 27.5 Å². The van der Waals surface area contributed by atoms with Crippen LogP contribution in [-0.2, 0) is 4.74 Å². The Bertz CT molecular complexity index is 2000. The van der Waals surface area contributed by atoms with E-state index in [0.717, 1.165) is 51.7 Å². The third-order valence-corrected chi connectivity index (χ3v) is 10.7. The number of pyridine rings is 1. The number of terminal acetylenes is 1. The molecule has 1 N–H and O–H groups in total. The van der Waals surface area contributed by atoms with Crippen LogP contribution in [-0.4, -0.2) is 83.7 Å². The van der Waals surface area contributed by atoms with E-state index in [4.69, 9.17) is 30.6 Å². The molecule has 6 heterocycles. The molecular formula is C37H38F2N6O3. The van der Waals surface area contributed by atoms with E-state index in [0.29, 0.717) is 46.4 Å². The molecular weight excluding hydrogens is 614 g/mol. The Hall–Kier alpha value is -4.37. The van der Waals surface area contributed by atoms with Crippen molar-refractivity contribution in [1.82, 2.24) is 25.2 Å². The van der Waals surface area contributed by atoms with Gasteiger partial charge in [0.25, 0.3) is 0 Å². The van der Waals surface area contributed by atoms with E-state index < -0.39 is 11.6 Å². The lowest BCUT2D eigenvalue weighted by molar-refractivity contribution is 0.0512. The maximum atomic E-state index is 17.1. The van der Waals surface area contributed by atoms with E-state index >= 15 is 8.78 Å². The number of benzene rings is 2. The molecule has 2 bridgehead atoms. The Morgan fingerprint density at radius 1 is 1.19 bits per heavy atom. The molecule has 2 aromatic carbocycles. The number of aromatic nitrogens is 3. The Morgan fingerprint density at radius 2 is 2.06 bits per heavy atom. The van der Waals surface area contributed by atoms with Gasteiger partial charge in [-0.1, -0.05) is 24.1 Å². The van der Waals surface area contributed by atoms with Crippen molar-refractivity contribution in [3.63, 3.8) is 0 Å². The summed E-state index contributed by atoms with van der Waals surface area (Å²) < 4.78 is 49.5. The van der Waals surface area contributed by atoms with Crippen molar-refractivity contribution in [3.05, 3.63) is 59.8 Å². The minimum Gasteiger partial charge on any atom is -0.468 e. The van der Waals surface area contributed by atoms with Crippen LogP contribution in [0.5, 0.6) is 11.8 Å². The number of ether oxygens (including phenoxy) is 3. The van der Waals surface area contributed by atoms with Crippen LogP contribution in [0, 0.1) is 24.0 Å². The van der Waals surface area contributed by atoms with E-state index in [9.17, 15) is 0 Å². The second-order valence-corrected chi connectivity index (χ2v) is 13.6. The van der Waals surface area contributed by atoms with Gasteiger partial charge < -0.3 is 24.4 Å². The fourth-order valence-corrected chi connectivity index (χ4v) is 8.36. The molecule has 9 nitrogen and oxygen atoms in total. The molecule has 0 spiro atoms. The Labute approximate surface area is 278 Å². The molecule has 4 saturated heterocycles. The van der Waals surface area contributed by atoms with Crippen LogP contribution < -0.4 is 19.7 Å². The van der Waals surface area contributed by atoms with Gasteiger partial charge in [-0.15, -0.1) is 6.42 Å². The van der Waals surface area contributed by atoms with Crippen LogP contribution in [0.4, 0.5) is 14.6 Å². The van der Waals surface area contributed by atoms with Gasteiger partial charge in [0.05, 0.1) is 16.5 Å². The predicted molar refractivity (Wildman–Crippen MR) is 180 cm³/mol. The molecule has 248 valence electrons. The van der Waals surface area contributed by atoms with Crippen LogP contribution in [0.15, 0.2) is 42.6 Å². The molecule has 4 fully saturated rings. The van der Waals surface area contributed by atoms with E-state index in [-0.39, 0.29) is 46.7 Å². The third-order valence-electron chi connectivity index (χ3n) is 10.7. The zero-order valence-electron chi connectivity index (χ0n) is 27.2. The smallest absolute Gasteiger partial charge is 0.319 e. The van der Waals surface area contributed by atoms with Crippen LogP contribution in [0.2, 0.25) is 0 Å². The molecule has 2 unspecified atom stereocenters. The largest absolute Gasteiger partial charge is 0.468 e. The quantitative estimate of drug-likeness (QED) is 0.149. The zero-order chi connectivity index (χ0) is 33.2. The standard InChI is InChI=1S/C37H38F2N6O3/c1-5-26-29(38)9-7-23-13-25(48-20-46-4)14-27(31(23)26)33-32(39)34-28(16-40-33)35(45-18-24-8-10-30(41-24)22(45)3)43-36(42-34)47-19-37-11-6-12-44(37)17-21(2)15-37/h1,7,9,13-14,16,22,24,30,41H,2,6,8,10-12,15,17-20H2,3-4H3/t22?,24-,30+,37?/m1/s1. The lowest BCUT2D eigenvalue weighted by atomic mass is 9.94. The van der Waals surface area contributed by atoms with Crippen LogP contribution >= 0.6 is 0 Å². The summed E-state index contributed by atoms with van der Waals surface area (Å²) in [6.45, 7) is 9.34. The Balaban J connectivity index is 1.29. The summed E-state index contributed by atoms with van der Waals surface area (Å²) in [5, 5.41) is 5.11. The fourth-order valence-electron chi connectivity index (χ4n) is 8.36. The molecule has 2 aromatic heterocycles. The highest BCUT2D eigenvalue weighted by Gasteiger charge is 2.47. The fraction of sp³-hybridized carbons (Fsp3) is 0.432. The van der Waals surface area contributed by atoms with E-state index in [2.05, 4.69) is 39.5 Å². The molecule has 48 heavy (non-hydrogen) atoms. The number of fused-ring (bicyclic) bond motifs is 5. The summed E-state index contributed by atoms with van der Waals surface area (Å²) in [5.41, 5.74) is 1.37. The minimum absolute atomic E-state index is 0.0122. The zero-order valence-corrected chi connectivity index (χ0v) is 27.2. The monoisotopic (exact) mass is 652 g/mol. The van der Waals surface area contributed by atoms with E-state index in [1.54, 1.807) is 24.4 Å². The van der Waals surface area contributed by atoms with Gasteiger partial charge in [-0.25, -0.2) is 8.78 Å². The first-order chi connectivity index (χ1) is 23.3. The lowest BCUT2D eigenvalue weighted by Crippen LogP contribution is -2.57. The number of hydrogen-bond donors (Lipinski definition) is 1. The molecule has 4 aliphatic heterocycles. The number of rotatable bonds is 8. The number of halogens is 2. The summed E-state index contributed by atoms with van der Waals surface area (Å²) in [6, 6.07) is 7.03. The minimum atomic E-state index is -0.681. The average Bonchev–Trinajstić information content (AvgIpc) is 3.76. The van der Waals surface area contributed by atoms with Crippen LogP contribution in [0.1, 0.15) is 44.6 Å². The van der Waals surface area contributed by atoms with Crippen molar-refractivity contribution in [3.8, 4) is 35.4 Å². The molecule has 4 aliphatic rings. The van der Waals surface area contributed by atoms with Gasteiger partial charge in [-0.2, -0.15) is 9.97 Å². The summed E-state index contributed by atoms with van der Waals surface area (Å²) in [5.74, 6) is 2.17. The highest BCUT2D eigenvalue weighted by molar-refractivity contribution is 6.03. The van der Waals surface area contributed by atoms with Crippen molar-refractivity contribution in [2.24, 2.45) is 0 Å². The molecule has 0 amide bonds. The molecule has 0 saturated carbocycles. The summed E-state index contributed by atoms with van der Waals surface area (Å²) in [6.07, 6.45) is 12.5. The summed E-state index contributed by atoms with van der Waals surface area (Å²) >= 11 is 0. The normalized spacial score (nSPS) is 25.2. The first-order valence-corrected chi connectivity index (χ1v) is 16.6. The molecule has 11 heteroatoms. The first kappa shape index (κ1) is 30.9. The summed E-state index contributed by atoms with van der Waals surface area (Å²) in [7, 11) is 1.51. The summed E-state index contributed by atoms with van der Waals surface area (Å²) in [4.78, 5) is 19.0. The molecule has 8 rings (SSSR count). The molecule has 0 radical (unpaired) electrons. The Kier molecular flexibility index (Phi) is 7.70. The maximum Gasteiger partial charge on any atom is 0.319 e. The van der Waals surface area contributed by atoms with Gasteiger partial charge in [0.1, 0.15) is 35.2 Å². The van der Waals surface area contributed by atoms with E-state index in [1.165, 1.54) is 18.7 Å². The third kappa shape index (κ3) is 5.05. The van der Waals surface area contributed by atoms with Crippen molar-refractivity contribution in [2.75, 3.05) is 45.0 Å². The number of hydrogen-bond acceptors (Lipinski definition) is 9. The van der Waals surface area contributed by atoms with Crippen LogP contribution in [0.25, 0.3) is 32.9 Å². The average molecular weight is 653 g/mol. The van der Waals surface area contributed by atoms with Crippen molar-refractivity contribution in [1.29, 1.82) is 0 Å². The SMILES string of the molecule is C#Cc1c(F)ccc2cc(OCOC)cc(-c3ncc4c(N5C[C@H]6CC[C@H](N6)C5C)nc(OCC56CCCN5CC(=C)C6)nc4c3F)c12. The molecule has 4 aromatic rings.